The number of hydrogen-bond donors (Lipinski definition) is 1. The number of hydrogen-bond acceptors (Lipinski definition) is 3. The molecule has 0 aliphatic heterocycles. The Morgan fingerprint density at radius 2 is 1.81 bits per heavy atom. The summed E-state index contributed by atoms with van der Waals surface area (Å²) in [6.45, 7) is 3.84. The maximum absolute atomic E-state index is 10.9. The summed E-state index contributed by atoms with van der Waals surface area (Å²) in [6.07, 6.45) is 0.00333. The summed E-state index contributed by atoms with van der Waals surface area (Å²) in [5.74, 6) is -1.50. The number of carboxylic acids is 1. The zero-order valence-electron chi connectivity index (χ0n) is 9.27. The Hall–Kier alpha value is -1.84. The average molecular weight is 222 g/mol. The van der Waals surface area contributed by atoms with Crippen LogP contribution in [-0.4, -0.2) is 23.0 Å². The molecule has 0 fully saturated rings. The number of carboxylic acid groups (broad SMARTS) is 1. The van der Waals surface area contributed by atoms with Crippen LogP contribution in [0.25, 0.3) is 0 Å². The number of carbonyl (C=O) groups excluding carboxylic acids is 1. The molecule has 16 heavy (non-hydrogen) atoms. The predicted octanol–water partition coefficient (Wildman–Crippen LogP) is 1.67. The van der Waals surface area contributed by atoms with Gasteiger partial charge in [-0.1, -0.05) is 12.1 Å². The normalized spacial score (nSPS) is 10.2. The lowest BCUT2D eigenvalue weighted by Crippen LogP contribution is -2.15. The van der Waals surface area contributed by atoms with E-state index < -0.39 is 11.8 Å². The molecule has 1 aromatic rings. The summed E-state index contributed by atoms with van der Waals surface area (Å²) in [7, 11) is 0. The second kappa shape index (κ2) is 5.30. The van der Waals surface area contributed by atoms with E-state index in [2.05, 4.69) is 0 Å². The number of ketones is 1. The molecule has 0 saturated carbocycles. The van der Waals surface area contributed by atoms with Crippen molar-refractivity contribution < 1.29 is 19.4 Å². The summed E-state index contributed by atoms with van der Waals surface area (Å²) < 4.78 is 5.42. The van der Waals surface area contributed by atoms with Crippen LogP contribution in [0.15, 0.2) is 24.3 Å². The average Bonchev–Trinajstić information content (AvgIpc) is 2.20. The molecule has 4 nitrogen and oxygen atoms in total. The fourth-order valence-corrected chi connectivity index (χ4v) is 1.22. The van der Waals surface area contributed by atoms with Crippen molar-refractivity contribution in [3.05, 3.63) is 29.8 Å². The van der Waals surface area contributed by atoms with E-state index in [1.54, 1.807) is 24.3 Å². The second-order valence-corrected chi connectivity index (χ2v) is 3.72. The van der Waals surface area contributed by atoms with Gasteiger partial charge in [0.1, 0.15) is 5.75 Å². The molecule has 0 atom stereocenters. The van der Waals surface area contributed by atoms with Gasteiger partial charge in [0.2, 0.25) is 5.78 Å². The lowest BCUT2D eigenvalue weighted by atomic mass is 10.1. The van der Waals surface area contributed by atoms with E-state index in [0.29, 0.717) is 11.3 Å². The zero-order valence-corrected chi connectivity index (χ0v) is 9.27. The second-order valence-electron chi connectivity index (χ2n) is 3.72. The molecular formula is C12H14O4. The summed E-state index contributed by atoms with van der Waals surface area (Å²) in [6, 6.07) is 6.84. The third kappa shape index (κ3) is 3.73. The molecule has 1 aromatic carbocycles. The van der Waals surface area contributed by atoms with Crippen LogP contribution in [0.5, 0.6) is 5.75 Å². The fourth-order valence-electron chi connectivity index (χ4n) is 1.22. The molecular weight excluding hydrogens is 208 g/mol. The van der Waals surface area contributed by atoms with Gasteiger partial charge in [0.25, 0.3) is 0 Å². The molecule has 0 bridgehead atoms. The highest BCUT2D eigenvalue weighted by Gasteiger charge is 2.11. The number of aliphatic carboxylic acids is 1. The maximum Gasteiger partial charge on any atom is 0.372 e. The molecule has 0 unspecified atom stereocenters. The summed E-state index contributed by atoms with van der Waals surface area (Å²) in [5.41, 5.74) is 0.670. The molecule has 0 spiro atoms. The minimum absolute atomic E-state index is 0.0860. The van der Waals surface area contributed by atoms with E-state index in [1.807, 2.05) is 13.8 Å². The Morgan fingerprint density at radius 1 is 1.25 bits per heavy atom. The lowest BCUT2D eigenvalue weighted by Gasteiger charge is -2.09. The highest BCUT2D eigenvalue weighted by Crippen LogP contribution is 2.14. The van der Waals surface area contributed by atoms with Gasteiger partial charge in [0.15, 0.2) is 0 Å². The highest BCUT2D eigenvalue weighted by molar-refractivity contribution is 6.33. The summed E-state index contributed by atoms with van der Waals surface area (Å²) in [5, 5.41) is 8.44. The van der Waals surface area contributed by atoms with Crippen LogP contribution in [0, 0.1) is 0 Å². The van der Waals surface area contributed by atoms with E-state index >= 15 is 0 Å². The molecule has 1 rings (SSSR count). The molecule has 0 aromatic heterocycles. The Kier molecular flexibility index (Phi) is 4.05. The molecule has 86 valence electrons. The van der Waals surface area contributed by atoms with Gasteiger partial charge < -0.3 is 9.84 Å². The van der Waals surface area contributed by atoms with Crippen LogP contribution in [0.3, 0.4) is 0 Å². The smallest absolute Gasteiger partial charge is 0.372 e. The summed E-state index contributed by atoms with van der Waals surface area (Å²) >= 11 is 0. The zero-order chi connectivity index (χ0) is 12.1. The van der Waals surface area contributed by atoms with E-state index in [9.17, 15) is 9.59 Å². The standard InChI is InChI=1S/C12H14O4/c1-8(2)16-10-5-3-9(4-6-10)7-11(13)12(14)15/h3-6,8H,7H2,1-2H3,(H,14,15). The lowest BCUT2D eigenvalue weighted by molar-refractivity contribution is -0.148. The van der Waals surface area contributed by atoms with E-state index in [-0.39, 0.29) is 12.5 Å². The molecule has 0 aliphatic carbocycles. The number of ether oxygens (including phenoxy) is 1. The number of rotatable bonds is 5. The van der Waals surface area contributed by atoms with Crippen molar-refractivity contribution in [1.82, 2.24) is 0 Å². The Labute approximate surface area is 93.9 Å². The van der Waals surface area contributed by atoms with Crippen LogP contribution < -0.4 is 4.74 Å². The van der Waals surface area contributed by atoms with Crippen molar-refractivity contribution in [2.75, 3.05) is 0 Å². The Morgan fingerprint density at radius 3 is 2.25 bits per heavy atom. The van der Waals surface area contributed by atoms with Gasteiger partial charge in [-0.15, -0.1) is 0 Å². The SMILES string of the molecule is CC(C)Oc1ccc(CC(=O)C(=O)O)cc1. The van der Waals surface area contributed by atoms with Crippen molar-refractivity contribution >= 4 is 11.8 Å². The first-order valence-corrected chi connectivity index (χ1v) is 5.00. The van der Waals surface area contributed by atoms with Gasteiger partial charge in [-0.2, -0.15) is 0 Å². The van der Waals surface area contributed by atoms with Gasteiger partial charge in [0, 0.05) is 6.42 Å². The molecule has 1 N–H and O–H groups in total. The molecule has 0 amide bonds. The van der Waals surface area contributed by atoms with E-state index in [1.165, 1.54) is 0 Å². The Bertz CT molecular complexity index is 379. The predicted molar refractivity (Wildman–Crippen MR) is 58.6 cm³/mol. The van der Waals surface area contributed by atoms with Crippen molar-refractivity contribution in [2.24, 2.45) is 0 Å². The number of Topliss-reactive ketones (excluding diaryl/α,β-unsaturated/α-hetero) is 1. The van der Waals surface area contributed by atoms with Gasteiger partial charge in [-0.05, 0) is 31.5 Å². The third-order valence-corrected chi connectivity index (χ3v) is 1.90. The van der Waals surface area contributed by atoms with Crippen LogP contribution in [-0.2, 0) is 16.0 Å². The molecule has 0 heterocycles. The number of carbonyl (C=O) groups is 2. The number of benzene rings is 1. The van der Waals surface area contributed by atoms with Crippen molar-refractivity contribution in [3.8, 4) is 5.75 Å². The van der Waals surface area contributed by atoms with Gasteiger partial charge in [0.05, 0.1) is 6.10 Å². The third-order valence-electron chi connectivity index (χ3n) is 1.90. The van der Waals surface area contributed by atoms with Crippen LogP contribution in [0.1, 0.15) is 19.4 Å². The van der Waals surface area contributed by atoms with Gasteiger partial charge >= 0.3 is 5.97 Å². The van der Waals surface area contributed by atoms with E-state index in [4.69, 9.17) is 9.84 Å². The van der Waals surface area contributed by atoms with Crippen molar-refractivity contribution in [2.45, 2.75) is 26.4 Å². The van der Waals surface area contributed by atoms with Gasteiger partial charge in [-0.25, -0.2) is 4.79 Å². The van der Waals surface area contributed by atoms with Gasteiger partial charge in [-0.3, -0.25) is 4.79 Å². The quantitative estimate of drug-likeness (QED) is 0.770. The fraction of sp³-hybridized carbons (Fsp3) is 0.333. The minimum Gasteiger partial charge on any atom is -0.491 e. The summed E-state index contributed by atoms with van der Waals surface area (Å²) in [4.78, 5) is 21.3. The maximum atomic E-state index is 10.9. The topological polar surface area (TPSA) is 63.6 Å². The molecule has 0 radical (unpaired) electrons. The minimum atomic E-state index is -1.40. The Balaban J connectivity index is 2.64. The van der Waals surface area contributed by atoms with Crippen LogP contribution >= 0.6 is 0 Å². The first-order valence-electron chi connectivity index (χ1n) is 5.00. The molecule has 0 saturated heterocycles. The monoisotopic (exact) mass is 222 g/mol. The first-order chi connectivity index (χ1) is 7.49. The first kappa shape index (κ1) is 12.2. The van der Waals surface area contributed by atoms with Crippen molar-refractivity contribution in [1.29, 1.82) is 0 Å². The van der Waals surface area contributed by atoms with Crippen molar-refractivity contribution in [3.63, 3.8) is 0 Å². The van der Waals surface area contributed by atoms with E-state index in [0.717, 1.165) is 0 Å². The largest absolute Gasteiger partial charge is 0.491 e. The molecule has 4 heteroatoms. The highest BCUT2D eigenvalue weighted by atomic mass is 16.5. The van der Waals surface area contributed by atoms with Crippen LogP contribution in [0.4, 0.5) is 0 Å². The molecule has 0 aliphatic rings. The van der Waals surface area contributed by atoms with Crippen LogP contribution in [0.2, 0.25) is 0 Å².